The molecule has 6 heteroatoms. The van der Waals surface area contributed by atoms with Crippen LogP contribution in [0.4, 0.5) is 0 Å². The number of primary amides is 1. The Balaban J connectivity index is 1.85. The van der Waals surface area contributed by atoms with Crippen LogP contribution in [-0.2, 0) is 21.5 Å². The minimum Gasteiger partial charge on any atom is -0.481 e. The maximum absolute atomic E-state index is 11.5. The summed E-state index contributed by atoms with van der Waals surface area (Å²) >= 11 is 0. The molecule has 33 heavy (non-hydrogen) atoms. The first-order chi connectivity index (χ1) is 16.0. The van der Waals surface area contributed by atoms with E-state index in [-0.39, 0.29) is 6.42 Å². The van der Waals surface area contributed by atoms with Crippen LogP contribution >= 0.6 is 0 Å². The zero-order valence-corrected chi connectivity index (χ0v) is 18.0. The highest BCUT2D eigenvalue weighted by Crippen LogP contribution is 2.40. The smallest absolute Gasteiger partial charge is 0.316 e. The number of aromatic nitrogens is 2. The van der Waals surface area contributed by atoms with Gasteiger partial charge in [-0.3, -0.25) is 9.59 Å². The molecule has 4 aromatic rings. The molecule has 4 rings (SSSR count). The fourth-order valence-electron chi connectivity index (χ4n) is 4.34. The van der Waals surface area contributed by atoms with Crippen LogP contribution in [0.1, 0.15) is 28.8 Å². The zero-order chi connectivity index (χ0) is 23.3. The standard InChI is InChI=1S/C27H25N3O3/c28-25(31)24(26(32)33)17-16-23-18-30(19-29-23)27(20-10-4-1-5-11-20,21-12-6-2-7-13-21)22-14-8-3-9-15-22/h1-15,18-19,24H,16-17H2,(H2,28,31)(H,32,33). The number of hydrogen-bond donors (Lipinski definition) is 2. The molecule has 0 fully saturated rings. The molecule has 3 N–H and O–H groups in total. The number of imidazole rings is 1. The molecule has 1 aromatic heterocycles. The molecular formula is C27H25N3O3. The fraction of sp³-hybridized carbons (Fsp3) is 0.148. The van der Waals surface area contributed by atoms with Crippen LogP contribution in [0, 0.1) is 5.92 Å². The van der Waals surface area contributed by atoms with Crippen molar-refractivity contribution in [2.75, 3.05) is 0 Å². The van der Waals surface area contributed by atoms with Crippen molar-refractivity contribution in [3.8, 4) is 0 Å². The summed E-state index contributed by atoms with van der Waals surface area (Å²) < 4.78 is 2.06. The van der Waals surface area contributed by atoms with E-state index >= 15 is 0 Å². The minimum absolute atomic E-state index is 0.0939. The molecule has 166 valence electrons. The average molecular weight is 440 g/mol. The maximum Gasteiger partial charge on any atom is 0.316 e. The number of carbonyl (C=O) groups is 2. The van der Waals surface area contributed by atoms with E-state index in [4.69, 9.17) is 5.73 Å². The van der Waals surface area contributed by atoms with Gasteiger partial charge in [-0.25, -0.2) is 4.98 Å². The Morgan fingerprint density at radius 3 is 1.70 bits per heavy atom. The number of amides is 1. The van der Waals surface area contributed by atoms with Gasteiger partial charge in [0.15, 0.2) is 0 Å². The molecule has 1 amide bonds. The topological polar surface area (TPSA) is 98.2 Å². The minimum atomic E-state index is -1.24. The van der Waals surface area contributed by atoms with Gasteiger partial charge in [-0.15, -0.1) is 0 Å². The second-order valence-electron chi connectivity index (χ2n) is 7.91. The summed E-state index contributed by atoms with van der Waals surface area (Å²) in [5, 5.41) is 9.28. The van der Waals surface area contributed by atoms with Gasteiger partial charge in [0.05, 0.1) is 12.0 Å². The monoisotopic (exact) mass is 439 g/mol. The Labute approximate surface area is 192 Å². The van der Waals surface area contributed by atoms with Gasteiger partial charge < -0.3 is 15.4 Å². The second-order valence-corrected chi connectivity index (χ2v) is 7.91. The van der Waals surface area contributed by atoms with E-state index in [1.54, 1.807) is 6.33 Å². The van der Waals surface area contributed by atoms with Crippen molar-refractivity contribution < 1.29 is 14.7 Å². The molecule has 6 nitrogen and oxygen atoms in total. The number of benzene rings is 3. The number of carboxylic acids is 1. The summed E-state index contributed by atoms with van der Waals surface area (Å²) in [5.74, 6) is -3.29. The van der Waals surface area contributed by atoms with Crippen molar-refractivity contribution in [3.63, 3.8) is 0 Å². The Morgan fingerprint density at radius 2 is 1.30 bits per heavy atom. The van der Waals surface area contributed by atoms with Gasteiger partial charge in [0.2, 0.25) is 5.91 Å². The number of carboxylic acid groups (broad SMARTS) is 1. The third kappa shape index (κ3) is 4.28. The summed E-state index contributed by atoms with van der Waals surface area (Å²) in [5.41, 5.74) is 8.44. The van der Waals surface area contributed by atoms with Crippen LogP contribution in [-0.4, -0.2) is 26.5 Å². The Hall–Kier alpha value is -4.19. The Bertz CT molecular complexity index is 1110. The van der Waals surface area contributed by atoms with Crippen molar-refractivity contribution in [2.45, 2.75) is 18.4 Å². The predicted octanol–water partition coefficient (Wildman–Crippen LogP) is 3.84. The zero-order valence-electron chi connectivity index (χ0n) is 18.0. The van der Waals surface area contributed by atoms with E-state index in [0.29, 0.717) is 12.1 Å². The molecular weight excluding hydrogens is 414 g/mol. The first-order valence-electron chi connectivity index (χ1n) is 10.8. The number of hydrogen-bond acceptors (Lipinski definition) is 3. The molecule has 0 saturated carbocycles. The average Bonchev–Trinajstić information content (AvgIpc) is 3.30. The van der Waals surface area contributed by atoms with E-state index < -0.39 is 23.3 Å². The summed E-state index contributed by atoms with van der Waals surface area (Å²) in [6.07, 6.45) is 4.10. The molecule has 0 aliphatic heterocycles. The highest BCUT2D eigenvalue weighted by atomic mass is 16.4. The summed E-state index contributed by atoms with van der Waals surface area (Å²) in [6.45, 7) is 0. The number of nitrogens with two attached hydrogens (primary N) is 1. The fourth-order valence-corrected chi connectivity index (χ4v) is 4.34. The molecule has 0 bridgehead atoms. The molecule has 0 spiro atoms. The van der Waals surface area contributed by atoms with Crippen molar-refractivity contribution in [1.29, 1.82) is 0 Å². The lowest BCUT2D eigenvalue weighted by molar-refractivity contribution is -0.146. The Kier molecular flexibility index (Phi) is 6.36. The molecule has 0 aliphatic carbocycles. The lowest BCUT2D eigenvalue weighted by Crippen LogP contribution is -2.37. The van der Waals surface area contributed by atoms with Crippen molar-refractivity contribution >= 4 is 11.9 Å². The maximum atomic E-state index is 11.5. The lowest BCUT2D eigenvalue weighted by atomic mass is 9.77. The molecule has 0 saturated heterocycles. The SMILES string of the molecule is NC(=O)C(CCc1cn(C(c2ccccc2)(c2ccccc2)c2ccccc2)cn1)C(=O)O. The van der Waals surface area contributed by atoms with E-state index in [1.807, 2.05) is 60.8 Å². The quantitative estimate of drug-likeness (QED) is 0.306. The van der Waals surface area contributed by atoms with Gasteiger partial charge in [0.25, 0.3) is 0 Å². The van der Waals surface area contributed by atoms with Crippen LogP contribution in [0.3, 0.4) is 0 Å². The number of aryl methyl sites for hydroxylation is 1. The molecule has 1 atom stereocenters. The second kappa shape index (κ2) is 9.53. The highest BCUT2D eigenvalue weighted by Gasteiger charge is 2.38. The van der Waals surface area contributed by atoms with Crippen LogP contribution in [0.25, 0.3) is 0 Å². The van der Waals surface area contributed by atoms with E-state index in [9.17, 15) is 14.7 Å². The van der Waals surface area contributed by atoms with Crippen LogP contribution in [0.5, 0.6) is 0 Å². The molecule has 0 aliphatic rings. The molecule has 1 heterocycles. The Morgan fingerprint density at radius 1 is 0.848 bits per heavy atom. The van der Waals surface area contributed by atoms with Gasteiger partial charge in [-0.05, 0) is 29.5 Å². The summed E-state index contributed by atoms with van der Waals surface area (Å²) in [6, 6.07) is 30.6. The number of aliphatic carboxylic acids is 1. The third-order valence-corrected chi connectivity index (χ3v) is 5.93. The van der Waals surface area contributed by atoms with E-state index in [1.165, 1.54) is 0 Å². The van der Waals surface area contributed by atoms with Gasteiger partial charge in [0, 0.05) is 6.20 Å². The van der Waals surface area contributed by atoms with E-state index in [0.717, 1.165) is 16.7 Å². The first kappa shape index (κ1) is 22.0. The van der Waals surface area contributed by atoms with Crippen molar-refractivity contribution in [3.05, 3.63) is 126 Å². The van der Waals surface area contributed by atoms with Crippen LogP contribution in [0.15, 0.2) is 104 Å². The highest BCUT2D eigenvalue weighted by molar-refractivity contribution is 5.95. The predicted molar refractivity (Wildman–Crippen MR) is 125 cm³/mol. The van der Waals surface area contributed by atoms with Crippen LogP contribution < -0.4 is 5.73 Å². The van der Waals surface area contributed by atoms with E-state index in [2.05, 4.69) is 45.9 Å². The number of nitrogens with zero attached hydrogens (tertiary/aromatic N) is 2. The summed E-state index contributed by atoms with van der Waals surface area (Å²) in [4.78, 5) is 27.4. The van der Waals surface area contributed by atoms with Crippen molar-refractivity contribution in [1.82, 2.24) is 9.55 Å². The molecule has 3 aromatic carbocycles. The first-order valence-corrected chi connectivity index (χ1v) is 10.8. The van der Waals surface area contributed by atoms with Crippen LogP contribution in [0.2, 0.25) is 0 Å². The molecule has 1 unspecified atom stereocenters. The molecule has 0 radical (unpaired) electrons. The lowest BCUT2D eigenvalue weighted by Gasteiger charge is -2.37. The third-order valence-electron chi connectivity index (χ3n) is 5.93. The van der Waals surface area contributed by atoms with Crippen molar-refractivity contribution in [2.24, 2.45) is 11.7 Å². The van der Waals surface area contributed by atoms with Gasteiger partial charge in [0.1, 0.15) is 11.5 Å². The summed E-state index contributed by atoms with van der Waals surface area (Å²) in [7, 11) is 0. The largest absolute Gasteiger partial charge is 0.481 e. The van der Waals surface area contributed by atoms with Gasteiger partial charge in [-0.2, -0.15) is 0 Å². The van der Waals surface area contributed by atoms with Gasteiger partial charge in [-0.1, -0.05) is 91.0 Å². The number of carbonyl (C=O) groups excluding carboxylic acids is 1. The number of rotatable bonds is 9. The van der Waals surface area contributed by atoms with Gasteiger partial charge >= 0.3 is 5.97 Å². The normalized spacial score (nSPS) is 12.2.